The number of aromatic nitrogens is 2. The second-order valence-corrected chi connectivity index (χ2v) is 4.64. The van der Waals surface area contributed by atoms with Crippen molar-refractivity contribution in [2.75, 3.05) is 5.32 Å². The Balaban J connectivity index is 2.20. The van der Waals surface area contributed by atoms with Gasteiger partial charge in [0.25, 0.3) is 0 Å². The first-order valence-electron chi connectivity index (χ1n) is 5.30. The number of nitrogens with one attached hydrogen (secondary N) is 1. The van der Waals surface area contributed by atoms with Gasteiger partial charge in [0.2, 0.25) is 0 Å². The Bertz CT molecular complexity index is 562. The minimum atomic E-state index is -4.33. The number of hydrogen-bond acceptors (Lipinski definition) is 3. The lowest BCUT2D eigenvalue weighted by Crippen LogP contribution is -2.04. The van der Waals surface area contributed by atoms with Crippen LogP contribution in [-0.2, 0) is 6.18 Å². The molecule has 3 nitrogen and oxygen atoms in total. The van der Waals surface area contributed by atoms with Gasteiger partial charge in [0.1, 0.15) is 16.2 Å². The molecule has 0 atom stereocenters. The summed E-state index contributed by atoms with van der Waals surface area (Å²) in [5.74, 6) is 1.07. The standard InChI is InChI=1S/C12H9BrF3N3/c1-7-17-10(13)6-11(18-7)19-9-4-2-8(3-5-9)12(14,15)16/h2-6H,1H3,(H,17,18,19). The van der Waals surface area contributed by atoms with E-state index in [0.717, 1.165) is 12.1 Å². The lowest BCUT2D eigenvalue weighted by atomic mass is 10.2. The number of halogens is 4. The molecule has 1 heterocycles. The fraction of sp³-hybridized carbons (Fsp3) is 0.167. The molecule has 0 saturated heterocycles. The highest BCUT2D eigenvalue weighted by atomic mass is 79.9. The lowest BCUT2D eigenvalue weighted by molar-refractivity contribution is -0.137. The highest BCUT2D eigenvalue weighted by Gasteiger charge is 2.29. The number of rotatable bonds is 2. The van der Waals surface area contributed by atoms with Gasteiger partial charge in [0, 0.05) is 11.8 Å². The van der Waals surface area contributed by atoms with Crippen molar-refractivity contribution in [2.24, 2.45) is 0 Å². The van der Waals surface area contributed by atoms with Gasteiger partial charge >= 0.3 is 6.18 Å². The van der Waals surface area contributed by atoms with Crippen molar-refractivity contribution in [3.8, 4) is 0 Å². The molecule has 0 bridgehead atoms. The van der Waals surface area contributed by atoms with E-state index in [1.54, 1.807) is 13.0 Å². The second-order valence-electron chi connectivity index (χ2n) is 3.82. The van der Waals surface area contributed by atoms with E-state index in [1.807, 2.05) is 0 Å². The van der Waals surface area contributed by atoms with Gasteiger partial charge in [0.15, 0.2) is 0 Å². The summed E-state index contributed by atoms with van der Waals surface area (Å²) >= 11 is 3.22. The van der Waals surface area contributed by atoms with Crippen LogP contribution in [0.1, 0.15) is 11.4 Å². The van der Waals surface area contributed by atoms with E-state index < -0.39 is 11.7 Å². The number of alkyl halides is 3. The normalized spacial score (nSPS) is 11.4. The van der Waals surface area contributed by atoms with Crippen LogP contribution in [-0.4, -0.2) is 9.97 Å². The summed E-state index contributed by atoms with van der Waals surface area (Å²) in [6, 6.07) is 6.39. The third-order valence-electron chi connectivity index (χ3n) is 2.29. The summed E-state index contributed by atoms with van der Waals surface area (Å²) < 4.78 is 37.8. The van der Waals surface area contributed by atoms with E-state index in [2.05, 4.69) is 31.2 Å². The fourth-order valence-electron chi connectivity index (χ4n) is 1.49. The van der Waals surface area contributed by atoms with Crippen molar-refractivity contribution in [1.29, 1.82) is 0 Å². The monoisotopic (exact) mass is 331 g/mol. The Hall–Kier alpha value is -1.63. The molecule has 1 N–H and O–H groups in total. The van der Waals surface area contributed by atoms with Crippen molar-refractivity contribution < 1.29 is 13.2 Å². The first-order chi connectivity index (χ1) is 8.84. The predicted octanol–water partition coefficient (Wildman–Crippen LogP) is 4.31. The fourth-order valence-corrected chi connectivity index (χ4v) is 1.96. The summed E-state index contributed by atoms with van der Waals surface area (Å²) in [5.41, 5.74) is -0.156. The first kappa shape index (κ1) is 13.8. The summed E-state index contributed by atoms with van der Waals surface area (Å²) in [5, 5.41) is 2.92. The third kappa shape index (κ3) is 3.66. The van der Waals surface area contributed by atoms with Crippen molar-refractivity contribution in [3.63, 3.8) is 0 Å². The van der Waals surface area contributed by atoms with E-state index in [9.17, 15) is 13.2 Å². The van der Waals surface area contributed by atoms with Crippen molar-refractivity contribution >= 4 is 27.4 Å². The Kier molecular flexibility index (Phi) is 3.75. The molecule has 0 amide bonds. The van der Waals surface area contributed by atoms with E-state index in [0.29, 0.717) is 21.9 Å². The van der Waals surface area contributed by atoms with Gasteiger partial charge < -0.3 is 5.32 Å². The van der Waals surface area contributed by atoms with Gasteiger partial charge in [-0.1, -0.05) is 0 Å². The molecule has 1 aromatic heterocycles. The number of benzene rings is 1. The Labute approximate surface area is 116 Å². The molecule has 1 aromatic carbocycles. The molecule has 0 spiro atoms. The van der Waals surface area contributed by atoms with E-state index in [-0.39, 0.29) is 0 Å². The summed E-state index contributed by atoms with van der Waals surface area (Å²) in [7, 11) is 0. The molecule has 0 aliphatic heterocycles. The Morgan fingerprint density at radius 2 is 1.74 bits per heavy atom. The molecule has 0 unspecified atom stereocenters. The topological polar surface area (TPSA) is 37.8 Å². The first-order valence-corrected chi connectivity index (χ1v) is 6.09. The summed E-state index contributed by atoms with van der Waals surface area (Å²) in [6.07, 6.45) is -4.33. The molecule has 100 valence electrons. The molecule has 19 heavy (non-hydrogen) atoms. The van der Waals surface area contributed by atoms with Crippen LogP contribution in [0.4, 0.5) is 24.7 Å². The molecule has 0 fully saturated rings. The molecule has 0 aliphatic carbocycles. The Morgan fingerprint density at radius 3 is 2.26 bits per heavy atom. The average molecular weight is 332 g/mol. The van der Waals surface area contributed by atoms with Crippen LogP contribution >= 0.6 is 15.9 Å². The number of anilines is 2. The maximum atomic E-state index is 12.4. The molecule has 0 radical (unpaired) electrons. The van der Waals surface area contributed by atoms with Gasteiger partial charge in [-0.3, -0.25) is 0 Å². The van der Waals surface area contributed by atoms with E-state index in [1.165, 1.54) is 12.1 Å². The maximum Gasteiger partial charge on any atom is 0.416 e. The maximum absolute atomic E-state index is 12.4. The van der Waals surface area contributed by atoms with Gasteiger partial charge in [-0.2, -0.15) is 13.2 Å². The lowest BCUT2D eigenvalue weighted by Gasteiger charge is -2.09. The zero-order valence-corrected chi connectivity index (χ0v) is 11.4. The van der Waals surface area contributed by atoms with Crippen LogP contribution in [0.2, 0.25) is 0 Å². The van der Waals surface area contributed by atoms with Gasteiger partial charge in [0.05, 0.1) is 5.56 Å². The van der Waals surface area contributed by atoms with E-state index >= 15 is 0 Å². The molecular formula is C12H9BrF3N3. The number of aryl methyl sites for hydroxylation is 1. The zero-order valence-electron chi connectivity index (χ0n) is 9.79. The summed E-state index contributed by atoms with van der Waals surface area (Å²) in [4.78, 5) is 8.17. The minimum Gasteiger partial charge on any atom is -0.340 e. The van der Waals surface area contributed by atoms with Crippen LogP contribution in [0.5, 0.6) is 0 Å². The molecule has 0 aliphatic rings. The number of hydrogen-bond donors (Lipinski definition) is 1. The van der Waals surface area contributed by atoms with E-state index in [4.69, 9.17) is 0 Å². The van der Waals surface area contributed by atoms with Gasteiger partial charge in [-0.05, 0) is 47.1 Å². The average Bonchev–Trinajstić information content (AvgIpc) is 2.26. The zero-order chi connectivity index (χ0) is 14.0. The molecule has 2 rings (SSSR count). The van der Waals surface area contributed by atoms with Crippen molar-refractivity contribution in [3.05, 3.63) is 46.3 Å². The van der Waals surface area contributed by atoms with Crippen LogP contribution in [0, 0.1) is 6.92 Å². The van der Waals surface area contributed by atoms with Crippen molar-refractivity contribution in [2.45, 2.75) is 13.1 Å². The second kappa shape index (κ2) is 5.16. The molecule has 2 aromatic rings. The van der Waals surface area contributed by atoms with Crippen LogP contribution in [0.25, 0.3) is 0 Å². The highest BCUT2D eigenvalue weighted by Crippen LogP contribution is 2.30. The van der Waals surface area contributed by atoms with Crippen molar-refractivity contribution in [1.82, 2.24) is 9.97 Å². The third-order valence-corrected chi connectivity index (χ3v) is 2.70. The summed E-state index contributed by atoms with van der Waals surface area (Å²) in [6.45, 7) is 1.72. The van der Waals surface area contributed by atoms with Crippen LogP contribution in [0.3, 0.4) is 0 Å². The minimum absolute atomic E-state index is 0.513. The molecule has 7 heteroatoms. The number of nitrogens with zero attached hydrogens (tertiary/aromatic N) is 2. The quantitative estimate of drug-likeness (QED) is 0.833. The van der Waals surface area contributed by atoms with Crippen LogP contribution < -0.4 is 5.32 Å². The molecule has 0 saturated carbocycles. The highest BCUT2D eigenvalue weighted by molar-refractivity contribution is 9.10. The predicted molar refractivity (Wildman–Crippen MR) is 69.2 cm³/mol. The smallest absolute Gasteiger partial charge is 0.340 e. The SMILES string of the molecule is Cc1nc(Br)cc(Nc2ccc(C(F)(F)F)cc2)n1. The molecular weight excluding hydrogens is 323 g/mol. The van der Waals surface area contributed by atoms with Gasteiger partial charge in [-0.15, -0.1) is 0 Å². The van der Waals surface area contributed by atoms with Gasteiger partial charge in [-0.25, -0.2) is 9.97 Å². The largest absolute Gasteiger partial charge is 0.416 e. The Morgan fingerprint density at radius 1 is 1.11 bits per heavy atom. The van der Waals surface area contributed by atoms with Crippen LogP contribution in [0.15, 0.2) is 34.9 Å².